The van der Waals surface area contributed by atoms with Gasteiger partial charge in [0.15, 0.2) is 5.96 Å². The first-order chi connectivity index (χ1) is 11.4. The third-order valence-corrected chi connectivity index (χ3v) is 4.05. The lowest BCUT2D eigenvalue weighted by Crippen LogP contribution is -2.43. The molecule has 0 saturated carbocycles. The number of rotatable bonds is 7. The van der Waals surface area contributed by atoms with Gasteiger partial charge in [0.1, 0.15) is 12.4 Å². The summed E-state index contributed by atoms with van der Waals surface area (Å²) in [5, 5.41) is 6.66. The van der Waals surface area contributed by atoms with Crippen LogP contribution in [0.2, 0.25) is 0 Å². The Balaban J connectivity index is 0.00000288. The summed E-state index contributed by atoms with van der Waals surface area (Å²) in [5.74, 6) is 1.75. The fourth-order valence-electron chi connectivity index (χ4n) is 2.77. The van der Waals surface area contributed by atoms with Gasteiger partial charge in [-0.1, -0.05) is 31.0 Å². The number of nitrogens with zero attached hydrogens (tertiary/aromatic N) is 2. The van der Waals surface area contributed by atoms with Crippen molar-refractivity contribution < 1.29 is 4.74 Å². The number of aliphatic imine (C=N–C) groups is 1. The topological polar surface area (TPSA) is 48.9 Å². The molecule has 24 heavy (non-hydrogen) atoms. The van der Waals surface area contributed by atoms with Crippen LogP contribution in [-0.2, 0) is 0 Å². The average Bonchev–Trinajstić information content (AvgIpc) is 2.87. The first-order valence-corrected chi connectivity index (χ1v) is 8.73. The molecule has 136 valence electrons. The van der Waals surface area contributed by atoms with Crippen LogP contribution in [0, 0.1) is 0 Å². The number of guanidine groups is 1. The quantitative estimate of drug-likeness (QED) is 0.293. The molecule has 0 aliphatic carbocycles. The molecule has 2 rings (SSSR count). The second kappa shape index (κ2) is 13.3. The van der Waals surface area contributed by atoms with Crippen LogP contribution in [-0.4, -0.2) is 57.2 Å². The minimum Gasteiger partial charge on any atom is -0.492 e. The van der Waals surface area contributed by atoms with E-state index in [0.29, 0.717) is 6.61 Å². The van der Waals surface area contributed by atoms with Crippen molar-refractivity contribution in [2.75, 3.05) is 46.4 Å². The standard InChI is InChI=1S/C18H30N4O.HI/c1-19-18(20-11-15-22-13-7-2-3-8-14-22)21-12-16-23-17-9-5-4-6-10-17;/h4-6,9-10H,2-3,7-8,11-16H2,1H3,(H2,19,20,21);1H. The number of para-hydroxylation sites is 1. The maximum atomic E-state index is 5.66. The monoisotopic (exact) mass is 446 g/mol. The van der Waals surface area contributed by atoms with E-state index in [4.69, 9.17) is 4.74 Å². The highest BCUT2D eigenvalue weighted by molar-refractivity contribution is 14.0. The molecule has 0 amide bonds. The van der Waals surface area contributed by atoms with Crippen molar-refractivity contribution in [1.29, 1.82) is 0 Å². The molecule has 5 nitrogen and oxygen atoms in total. The molecule has 6 heteroatoms. The number of nitrogens with one attached hydrogen (secondary N) is 2. The van der Waals surface area contributed by atoms with Crippen LogP contribution >= 0.6 is 24.0 Å². The molecule has 0 spiro atoms. The smallest absolute Gasteiger partial charge is 0.191 e. The van der Waals surface area contributed by atoms with Crippen molar-refractivity contribution >= 4 is 29.9 Å². The van der Waals surface area contributed by atoms with Crippen LogP contribution in [0.25, 0.3) is 0 Å². The van der Waals surface area contributed by atoms with Gasteiger partial charge in [0.2, 0.25) is 0 Å². The number of benzene rings is 1. The average molecular weight is 446 g/mol. The lowest BCUT2D eigenvalue weighted by molar-refractivity contribution is 0.289. The minimum atomic E-state index is 0. The van der Waals surface area contributed by atoms with Gasteiger partial charge in [-0.05, 0) is 38.1 Å². The van der Waals surface area contributed by atoms with Gasteiger partial charge >= 0.3 is 0 Å². The zero-order valence-electron chi connectivity index (χ0n) is 14.7. The van der Waals surface area contributed by atoms with Crippen molar-refractivity contribution in [3.05, 3.63) is 30.3 Å². The van der Waals surface area contributed by atoms with E-state index in [1.165, 1.54) is 38.8 Å². The Morgan fingerprint density at radius 2 is 1.71 bits per heavy atom. The van der Waals surface area contributed by atoms with Crippen LogP contribution < -0.4 is 15.4 Å². The van der Waals surface area contributed by atoms with Gasteiger partial charge in [0.05, 0.1) is 6.54 Å². The Morgan fingerprint density at radius 1 is 1.04 bits per heavy atom. The fourth-order valence-corrected chi connectivity index (χ4v) is 2.77. The van der Waals surface area contributed by atoms with Gasteiger partial charge in [0.25, 0.3) is 0 Å². The Kier molecular flexibility index (Phi) is 11.6. The van der Waals surface area contributed by atoms with Crippen molar-refractivity contribution in [3.8, 4) is 5.75 Å². The lowest BCUT2D eigenvalue weighted by Gasteiger charge is -2.20. The highest BCUT2D eigenvalue weighted by Gasteiger charge is 2.08. The summed E-state index contributed by atoms with van der Waals surface area (Å²) in [6.45, 7) is 5.84. The predicted molar refractivity (Wildman–Crippen MR) is 112 cm³/mol. The molecule has 1 aromatic rings. The fraction of sp³-hybridized carbons (Fsp3) is 0.611. The zero-order chi connectivity index (χ0) is 16.2. The zero-order valence-corrected chi connectivity index (χ0v) is 17.0. The van der Waals surface area contributed by atoms with E-state index in [2.05, 4.69) is 20.5 Å². The molecular weight excluding hydrogens is 415 g/mol. The van der Waals surface area contributed by atoms with E-state index in [-0.39, 0.29) is 24.0 Å². The third-order valence-electron chi connectivity index (χ3n) is 4.05. The first-order valence-electron chi connectivity index (χ1n) is 8.73. The lowest BCUT2D eigenvalue weighted by atomic mass is 10.2. The van der Waals surface area contributed by atoms with Gasteiger partial charge in [-0.15, -0.1) is 24.0 Å². The van der Waals surface area contributed by atoms with Crippen LogP contribution in [0.5, 0.6) is 5.75 Å². The van der Waals surface area contributed by atoms with Gasteiger partial charge in [-0.3, -0.25) is 4.99 Å². The predicted octanol–water partition coefficient (Wildman–Crippen LogP) is 2.72. The maximum Gasteiger partial charge on any atom is 0.191 e. The Morgan fingerprint density at radius 3 is 2.38 bits per heavy atom. The van der Waals surface area contributed by atoms with Crippen LogP contribution in [0.15, 0.2) is 35.3 Å². The van der Waals surface area contributed by atoms with E-state index >= 15 is 0 Å². The molecule has 0 atom stereocenters. The molecule has 1 aliphatic rings. The highest BCUT2D eigenvalue weighted by Crippen LogP contribution is 2.08. The first kappa shape index (κ1) is 21.0. The molecule has 1 fully saturated rings. The van der Waals surface area contributed by atoms with Crippen molar-refractivity contribution in [1.82, 2.24) is 15.5 Å². The minimum absolute atomic E-state index is 0. The molecule has 0 radical (unpaired) electrons. The summed E-state index contributed by atoms with van der Waals surface area (Å²) in [5.41, 5.74) is 0. The maximum absolute atomic E-state index is 5.66. The Bertz CT molecular complexity index is 448. The van der Waals surface area contributed by atoms with Crippen LogP contribution in [0.4, 0.5) is 0 Å². The third kappa shape index (κ3) is 8.73. The Labute approximate surface area is 163 Å². The summed E-state index contributed by atoms with van der Waals surface area (Å²) in [6.07, 6.45) is 5.44. The molecule has 1 aliphatic heterocycles. The highest BCUT2D eigenvalue weighted by atomic mass is 127. The number of ether oxygens (including phenoxy) is 1. The Hall–Kier alpha value is -1.02. The van der Waals surface area contributed by atoms with E-state index in [0.717, 1.165) is 31.3 Å². The number of halogens is 1. The van der Waals surface area contributed by atoms with E-state index in [9.17, 15) is 0 Å². The van der Waals surface area contributed by atoms with Gasteiger partial charge in [0, 0.05) is 20.1 Å². The molecule has 0 unspecified atom stereocenters. The molecule has 1 saturated heterocycles. The molecular formula is C18H31IN4O. The number of hydrogen-bond donors (Lipinski definition) is 2. The normalized spacial score (nSPS) is 16.0. The molecule has 0 bridgehead atoms. The van der Waals surface area contributed by atoms with Gasteiger partial charge in [-0.25, -0.2) is 0 Å². The molecule has 0 aromatic heterocycles. The summed E-state index contributed by atoms with van der Waals surface area (Å²) in [6, 6.07) is 9.88. The largest absolute Gasteiger partial charge is 0.492 e. The summed E-state index contributed by atoms with van der Waals surface area (Å²) >= 11 is 0. The van der Waals surface area contributed by atoms with Gasteiger partial charge < -0.3 is 20.3 Å². The van der Waals surface area contributed by atoms with Crippen molar-refractivity contribution in [2.45, 2.75) is 25.7 Å². The van der Waals surface area contributed by atoms with E-state index in [1.807, 2.05) is 30.3 Å². The van der Waals surface area contributed by atoms with Crippen molar-refractivity contribution in [2.24, 2.45) is 4.99 Å². The second-order valence-electron chi connectivity index (χ2n) is 5.84. The summed E-state index contributed by atoms with van der Waals surface area (Å²) < 4.78 is 5.66. The molecule has 2 N–H and O–H groups in total. The summed E-state index contributed by atoms with van der Waals surface area (Å²) in [4.78, 5) is 6.80. The second-order valence-corrected chi connectivity index (χ2v) is 5.84. The van der Waals surface area contributed by atoms with Crippen LogP contribution in [0.3, 0.4) is 0 Å². The molecule has 1 heterocycles. The number of likely N-dealkylation sites (tertiary alicyclic amines) is 1. The van der Waals surface area contributed by atoms with Gasteiger partial charge in [-0.2, -0.15) is 0 Å². The van der Waals surface area contributed by atoms with Crippen LogP contribution in [0.1, 0.15) is 25.7 Å². The number of hydrogen-bond acceptors (Lipinski definition) is 3. The van der Waals surface area contributed by atoms with E-state index < -0.39 is 0 Å². The van der Waals surface area contributed by atoms with E-state index in [1.54, 1.807) is 7.05 Å². The molecule has 1 aromatic carbocycles. The SMILES string of the molecule is CN=C(NCCOc1ccccc1)NCCN1CCCCCC1.I. The van der Waals surface area contributed by atoms with Crippen molar-refractivity contribution in [3.63, 3.8) is 0 Å². The summed E-state index contributed by atoms with van der Waals surface area (Å²) in [7, 11) is 1.80.